The van der Waals surface area contributed by atoms with Gasteiger partial charge in [-0.1, -0.05) is 0 Å². The number of benzene rings is 1. The lowest BCUT2D eigenvalue weighted by Crippen LogP contribution is -2.53. The molecule has 1 aliphatic heterocycles. The number of rotatable bonds is 2. The largest absolute Gasteiger partial charge is 0.369 e. The lowest BCUT2D eigenvalue weighted by molar-refractivity contribution is -0.118. The van der Waals surface area contributed by atoms with Crippen LogP contribution < -0.4 is 0 Å². The van der Waals surface area contributed by atoms with E-state index >= 15 is 0 Å². The van der Waals surface area contributed by atoms with Crippen molar-refractivity contribution in [3.8, 4) is 0 Å². The van der Waals surface area contributed by atoms with E-state index in [0.717, 1.165) is 6.26 Å². The Morgan fingerprint density at radius 2 is 2.05 bits per heavy atom. The van der Waals surface area contributed by atoms with Gasteiger partial charge in [-0.05, 0) is 54.9 Å². The van der Waals surface area contributed by atoms with Gasteiger partial charge in [-0.3, -0.25) is 4.79 Å². The first kappa shape index (κ1) is 17.4. The minimum atomic E-state index is -3.32. The molecule has 0 radical (unpaired) electrons. The smallest absolute Gasteiger partial charge is 0.254 e. The zero-order valence-electron chi connectivity index (χ0n) is 13.1. The minimum Gasteiger partial charge on any atom is -0.369 e. The van der Waals surface area contributed by atoms with Crippen LogP contribution in [0.2, 0.25) is 0 Å². The number of hydrogen-bond acceptors (Lipinski definition) is 4. The molecule has 0 saturated carbocycles. The maximum Gasteiger partial charge on any atom is 0.254 e. The third-order valence-corrected chi connectivity index (χ3v) is 5.51. The van der Waals surface area contributed by atoms with Crippen LogP contribution >= 0.6 is 15.9 Å². The van der Waals surface area contributed by atoms with Crippen molar-refractivity contribution in [3.05, 3.63) is 28.2 Å². The molecule has 0 bridgehead atoms. The van der Waals surface area contributed by atoms with E-state index in [-0.39, 0.29) is 16.9 Å². The lowest BCUT2D eigenvalue weighted by Gasteiger charge is -2.41. The van der Waals surface area contributed by atoms with Gasteiger partial charge in [0.25, 0.3) is 5.91 Å². The van der Waals surface area contributed by atoms with Crippen LogP contribution in [0.25, 0.3) is 0 Å². The van der Waals surface area contributed by atoms with E-state index < -0.39 is 15.4 Å². The fourth-order valence-electron chi connectivity index (χ4n) is 2.73. The summed E-state index contributed by atoms with van der Waals surface area (Å²) in [7, 11) is -3.32. The molecule has 1 heterocycles. The highest BCUT2D eigenvalue weighted by molar-refractivity contribution is 9.10. The summed E-state index contributed by atoms with van der Waals surface area (Å²) in [6.45, 7) is 6.86. The van der Waals surface area contributed by atoms with Gasteiger partial charge in [0.2, 0.25) is 0 Å². The Hall–Kier alpha value is -0.920. The number of morpholine rings is 1. The predicted octanol–water partition coefficient (Wildman–Crippen LogP) is 2.49. The van der Waals surface area contributed by atoms with Gasteiger partial charge in [0.05, 0.1) is 16.6 Å². The number of sulfone groups is 1. The van der Waals surface area contributed by atoms with Crippen molar-refractivity contribution in [2.24, 2.45) is 0 Å². The molecule has 0 aromatic heterocycles. The Balaban J connectivity index is 2.29. The number of carbonyl (C=O) groups excluding carboxylic acids is 1. The summed E-state index contributed by atoms with van der Waals surface area (Å²) in [5, 5.41) is 0. The highest BCUT2D eigenvalue weighted by Gasteiger charge is 2.34. The van der Waals surface area contributed by atoms with Crippen LogP contribution in [0.4, 0.5) is 0 Å². The molecule has 122 valence electrons. The zero-order chi connectivity index (χ0) is 16.7. The summed E-state index contributed by atoms with van der Waals surface area (Å²) >= 11 is 3.23. The average Bonchev–Trinajstić information content (AvgIpc) is 2.33. The van der Waals surface area contributed by atoms with E-state index in [1.54, 1.807) is 17.0 Å². The summed E-state index contributed by atoms with van der Waals surface area (Å²) in [5.41, 5.74) is 0.0706. The SMILES string of the molecule is CC1CN(C(=O)c2ccc(S(C)(=O)=O)c(Br)c2)CC(C)(C)O1. The molecular weight excluding hydrogens is 370 g/mol. The quantitative estimate of drug-likeness (QED) is 0.779. The van der Waals surface area contributed by atoms with E-state index in [1.807, 2.05) is 20.8 Å². The molecule has 1 aromatic carbocycles. The summed E-state index contributed by atoms with van der Waals surface area (Å²) in [4.78, 5) is 14.6. The Morgan fingerprint density at radius 1 is 1.41 bits per heavy atom. The fourth-order valence-corrected chi connectivity index (χ4v) is 4.71. The van der Waals surface area contributed by atoms with Crippen molar-refractivity contribution in [2.75, 3.05) is 19.3 Å². The molecule has 1 atom stereocenters. The van der Waals surface area contributed by atoms with Crippen LogP contribution in [0.5, 0.6) is 0 Å². The van der Waals surface area contributed by atoms with Crippen LogP contribution in [-0.4, -0.2) is 50.3 Å². The highest BCUT2D eigenvalue weighted by atomic mass is 79.9. The van der Waals surface area contributed by atoms with Crippen LogP contribution in [0, 0.1) is 0 Å². The van der Waals surface area contributed by atoms with E-state index in [1.165, 1.54) is 6.07 Å². The Morgan fingerprint density at radius 3 is 2.55 bits per heavy atom. The normalized spacial score (nSPS) is 21.7. The van der Waals surface area contributed by atoms with E-state index in [9.17, 15) is 13.2 Å². The molecule has 5 nitrogen and oxygen atoms in total. The molecule has 7 heteroatoms. The molecular formula is C15H20BrNO4S. The first-order valence-electron chi connectivity index (χ1n) is 6.96. The maximum atomic E-state index is 12.6. The van der Waals surface area contributed by atoms with Gasteiger partial charge in [-0.15, -0.1) is 0 Å². The Bertz CT molecular complexity index is 699. The summed E-state index contributed by atoms with van der Waals surface area (Å²) in [6.07, 6.45) is 1.10. The first-order chi connectivity index (χ1) is 9.99. The number of halogens is 1. The summed E-state index contributed by atoms with van der Waals surface area (Å²) in [5.74, 6) is -0.121. The maximum absolute atomic E-state index is 12.6. The van der Waals surface area contributed by atoms with Crippen LogP contribution in [-0.2, 0) is 14.6 Å². The number of amides is 1. The van der Waals surface area contributed by atoms with Crippen molar-refractivity contribution in [1.82, 2.24) is 4.90 Å². The van der Waals surface area contributed by atoms with Crippen molar-refractivity contribution >= 4 is 31.7 Å². The molecule has 22 heavy (non-hydrogen) atoms. The highest BCUT2D eigenvalue weighted by Crippen LogP contribution is 2.26. The molecule has 1 fully saturated rings. The van der Waals surface area contributed by atoms with E-state index in [0.29, 0.717) is 23.1 Å². The first-order valence-corrected chi connectivity index (χ1v) is 9.65. The third-order valence-electron chi connectivity index (χ3n) is 3.43. The molecule has 2 rings (SSSR count). The molecule has 0 N–H and O–H groups in total. The second kappa shape index (κ2) is 5.94. The van der Waals surface area contributed by atoms with E-state index in [2.05, 4.69) is 15.9 Å². The van der Waals surface area contributed by atoms with Gasteiger partial charge in [-0.25, -0.2) is 8.42 Å². The van der Waals surface area contributed by atoms with Crippen LogP contribution in [0.15, 0.2) is 27.6 Å². The number of ether oxygens (including phenoxy) is 1. The summed E-state index contributed by atoms with van der Waals surface area (Å²) < 4.78 is 29.4. The number of carbonyl (C=O) groups is 1. The molecule has 0 aliphatic carbocycles. The monoisotopic (exact) mass is 389 g/mol. The van der Waals surface area contributed by atoms with Crippen molar-refractivity contribution < 1.29 is 17.9 Å². The van der Waals surface area contributed by atoms with Crippen molar-refractivity contribution in [2.45, 2.75) is 37.4 Å². The molecule has 1 saturated heterocycles. The second-order valence-corrected chi connectivity index (χ2v) is 9.13. The van der Waals surface area contributed by atoms with Crippen molar-refractivity contribution in [3.63, 3.8) is 0 Å². The molecule has 1 aliphatic rings. The second-order valence-electron chi connectivity index (χ2n) is 6.29. The average molecular weight is 390 g/mol. The molecule has 0 spiro atoms. The standard InChI is InChI=1S/C15H20BrNO4S/c1-10-8-17(9-15(2,3)21-10)14(18)11-5-6-13(12(16)7-11)22(4,19)20/h5-7,10H,8-9H2,1-4H3. The van der Waals surface area contributed by atoms with Gasteiger partial charge in [0, 0.05) is 29.4 Å². The number of hydrogen-bond donors (Lipinski definition) is 0. The topological polar surface area (TPSA) is 63.7 Å². The van der Waals surface area contributed by atoms with Gasteiger partial charge in [-0.2, -0.15) is 0 Å². The lowest BCUT2D eigenvalue weighted by atomic mass is 10.0. The zero-order valence-corrected chi connectivity index (χ0v) is 15.5. The van der Waals surface area contributed by atoms with Gasteiger partial charge in [0.15, 0.2) is 9.84 Å². The molecule has 1 aromatic rings. The van der Waals surface area contributed by atoms with Gasteiger partial charge in [0.1, 0.15) is 0 Å². The predicted molar refractivity (Wildman–Crippen MR) is 87.8 cm³/mol. The third kappa shape index (κ3) is 3.88. The summed E-state index contributed by atoms with van der Waals surface area (Å²) in [6, 6.07) is 4.57. The van der Waals surface area contributed by atoms with Gasteiger partial charge < -0.3 is 9.64 Å². The minimum absolute atomic E-state index is 0.0357. The Kier molecular flexibility index (Phi) is 4.71. The Labute approximate surface area is 139 Å². The van der Waals surface area contributed by atoms with E-state index in [4.69, 9.17) is 4.74 Å². The van der Waals surface area contributed by atoms with Crippen molar-refractivity contribution in [1.29, 1.82) is 0 Å². The fraction of sp³-hybridized carbons (Fsp3) is 0.533. The van der Waals surface area contributed by atoms with Crippen LogP contribution in [0.3, 0.4) is 0 Å². The van der Waals surface area contributed by atoms with Crippen LogP contribution in [0.1, 0.15) is 31.1 Å². The molecule has 1 amide bonds. The number of nitrogens with zero attached hydrogens (tertiary/aromatic N) is 1. The molecule has 1 unspecified atom stereocenters. The van der Waals surface area contributed by atoms with Gasteiger partial charge >= 0.3 is 0 Å².